The van der Waals surface area contributed by atoms with Gasteiger partial charge in [0, 0.05) is 34.2 Å². The molecule has 4 heteroatoms. The van der Waals surface area contributed by atoms with Crippen LogP contribution in [0.3, 0.4) is 0 Å². The van der Waals surface area contributed by atoms with Crippen LogP contribution in [0.2, 0.25) is 0 Å². The molecule has 96 valence electrons. The summed E-state index contributed by atoms with van der Waals surface area (Å²) in [5.74, 6) is 0.573. The topological polar surface area (TPSA) is 34.1 Å². The lowest BCUT2D eigenvalue weighted by molar-refractivity contribution is -0.862. The minimum absolute atomic E-state index is 0.248. The molecule has 0 rings (SSSR count). The van der Waals surface area contributed by atoms with Crippen LogP contribution in [0.15, 0.2) is 0 Å². The van der Waals surface area contributed by atoms with Crippen LogP contribution in [0, 0.1) is 0 Å². The Labute approximate surface area is 101 Å². The quantitative estimate of drug-likeness (QED) is 0.562. The Bertz CT molecular complexity index is 210. The van der Waals surface area contributed by atoms with Gasteiger partial charge in [0.2, 0.25) is 0 Å². The van der Waals surface area contributed by atoms with Crippen LogP contribution in [0.25, 0.3) is 0 Å². The molecular formula is C12H28NO2P+2. The van der Waals surface area contributed by atoms with E-state index in [9.17, 15) is 9.59 Å². The Kier molecular flexibility index (Phi) is 8.07. The molecule has 0 spiro atoms. The summed E-state index contributed by atoms with van der Waals surface area (Å²) in [7, 11) is 5.18. The minimum Gasteiger partial charge on any atom is -0.325 e. The molecular weight excluding hydrogens is 221 g/mol. The lowest BCUT2D eigenvalue weighted by Gasteiger charge is -2.21. The normalized spacial score (nSPS) is 11.5. The van der Waals surface area contributed by atoms with Gasteiger partial charge in [0.1, 0.15) is 12.7 Å². The molecule has 0 saturated carbocycles. The largest absolute Gasteiger partial charge is 0.325 e. The van der Waals surface area contributed by atoms with E-state index in [-0.39, 0.29) is 5.78 Å². The predicted octanol–water partition coefficient (Wildman–Crippen LogP) is 1.76. The average Bonchev–Trinajstić information content (AvgIpc) is 1.72. The van der Waals surface area contributed by atoms with Gasteiger partial charge in [0.25, 0.3) is 0 Å². The van der Waals surface area contributed by atoms with Gasteiger partial charge >= 0.3 is 0 Å². The van der Waals surface area contributed by atoms with E-state index in [1.54, 1.807) is 13.8 Å². The summed E-state index contributed by atoms with van der Waals surface area (Å²) in [6, 6.07) is 0. The lowest BCUT2D eigenvalue weighted by atomic mass is 10.4. The second-order valence-corrected chi connectivity index (χ2v) is 11.2. The van der Waals surface area contributed by atoms with E-state index in [0.29, 0.717) is 12.3 Å². The van der Waals surface area contributed by atoms with E-state index in [2.05, 4.69) is 20.0 Å². The Morgan fingerprint density at radius 1 is 0.938 bits per heavy atom. The first-order valence-corrected chi connectivity index (χ1v) is 8.75. The molecule has 0 aliphatic carbocycles. The van der Waals surface area contributed by atoms with Crippen molar-refractivity contribution in [3.05, 3.63) is 0 Å². The highest BCUT2D eigenvalue weighted by molar-refractivity contribution is 7.74. The molecule has 0 unspecified atom stereocenters. The minimum atomic E-state index is -0.821. The smallest absolute Gasteiger partial charge is 0.183 e. The van der Waals surface area contributed by atoms with Crippen LogP contribution in [0.4, 0.5) is 0 Å². The average molecular weight is 249 g/mol. The number of hydrogen-bond donors (Lipinski definition) is 0. The van der Waals surface area contributed by atoms with Gasteiger partial charge in [-0.2, -0.15) is 0 Å². The van der Waals surface area contributed by atoms with Crippen LogP contribution >= 0.6 is 7.26 Å². The summed E-state index contributed by atoms with van der Waals surface area (Å²) >= 11 is 0. The van der Waals surface area contributed by atoms with Crippen molar-refractivity contribution in [3.63, 3.8) is 0 Å². The molecule has 0 atom stereocenters. The monoisotopic (exact) mass is 249 g/mol. The highest BCUT2D eigenvalue weighted by Crippen LogP contribution is 2.45. The fourth-order valence-corrected chi connectivity index (χ4v) is 2.67. The van der Waals surface area contributed by atoms with Gasteiger partial charge in [-0.15, -0.1) is 0 Å². The second-order valence-electron chi connectivity index (χ2n) is 6.30. The van der Waals surface area contributed by atoms with E-state index in [0.717, 1.165) is 10.6 Å². The summed E-state index contributed by atoms with van der Waals surface area (Å²) < 4.78 is 0.731. The standard InChI is InChI=1S/C6H14NO.C6H14OP/c1-6(8)5-7(2,3)4;1-6(7)5-8(2,3)4/h2*5H2,1-4H3/q2*+1. The predicted molar refractivity (Wildman–Crippen MR) is 73.8 cm³/mol. The molecule has 0 aliphatic rings. The Morgan fingerprint density at radius 3 is 1.31 bits per heavy atom. The van der Waals surface area contributed by atoms with Crippen LogP contribution in [-0.4, -0.2) is 69.9 Å². The van der Waals surface area contributed by atoms with Crippen molar-refractivity contribution in [2.75, 3.05) is 53.8 Å². The first-order valence-electron chi connectivity index (χ1n) is 5.43. The number of likely N-dealkylation sites (N-methyl/N-ethyl adjacent to an activating group) is 1. The zero-order chi connectivity index (χ0) is 13.6. The molecule has 0 aromatic carbocycles. The van der Waals surface area contributed by atoms with Crippen molar-refractivity contribution in [1.82, 2.24) is 0 Å². The van der Waals surface area contributed by atoms with Gasteiger partial charge in [-0.1, -0.05) is 0 Å². The third-order valence-corrected chi connectivity index (χ3v) is 2.79. The number of carbonyl (C=O) groups excluding carboxylic acids is 2. The summed E-state index contributed by atoms with van der Waals surface area (Å²) in [5.41, 5.74) is 0. The summed E-state index contributed by atoms with van der Waals surface area (Å²) in [5, 5.41) is 0. The Hall–Kier alpha value is -0.270. The Balaban J connectivity index is 0. The first-order chi connectivity index (χ1) is 6.83. The number of nitrogens with zero attached hydrogens (tertiary/aromatic N) is 1. The van der Waals surface area contributed by atoms with E-state index in [1.165, 1.54) is 0 Å². The summed E-state index contributed by atoms with van der Waals surface area (Å²) in [6.45, 7) is 10.4. The summed E-state index contributed by atoms with van der Waals surface area (Å²) in [4.78, 5) is 20.9. The van der Waals surface area contributed by atoms with Crippen molar-refractivity contribution >= 4 is 18.8 Å². The van der Waals surface area contributed by atoms with Gasteiger partial charge in [0.05, 0.1) is 21.1 Å². The fraction of sp³-hybridized carbons (Fsp3) is 0.833. The van der Waals surface area contributed by atoms with Gasteiger partial charge < -0.3 is 4.48 Å². The highest BCUT2D eigenvalue weighted by atomic mass is 31.2. The third kappa shape index (κ3) is 23.5. The maximum atomic E-state index is 10.5. The van der Waals surface area contributed by atoms with Gasteiger partial charge in [0.15, 0.2) is 11.6 Å². The number of Topliss-reactive ketones (excluding diaryl/α,β-unsaturated/α-hetero) is 2. The van der Waals surface area contributed by atoms with Crippen LogP contribution in [-0.2, 0) is 9.59 Å². The molecule has 0 bridgehead atoms. The maximum absolute atomic E-state index is 10.5. The molecule has 0 fully saturated rings. The molecule has 0 heterocycles. The number of rotatable bonds is 4. The van der Waals surface area contributed by atoms with Crippen LogP contribution in [0.5, 0.6) is 0 Å². The molecule has 0 aliphatic heterocycles. The fourth-order valence-electron chi connectivity index (χ4n) is 1.34. The lowest BCUT2D eigenvalue weighted by Crippen LogP contribution is -2.38. The van der Waals surface area contributed by atoms with Crippen molar-refractivity contribution < 1.29 is 14.1 Å². The molecule has 0 aromatic heterocycles. The molecule has 0 aromatic rings. The summed E-state index contributed by atoms with van der Waals surface area (Å²) in [6.07, 6.45) is 0.799. The highest BCUT2D eigenvalue weighted by Gasteiger charge is 2.18. The molecule has 3 nitrogen and oxygen atoms in total. The van der Waals surface area contributed by atoms with Gasteiger partial charge in [-0.3, -0.25) is 9.59 Å². The number of quaternary nitrogens is 1. The van der Waals surface area contributed by atoms with E-state index in [1.807, 2.05) is 21.1 Å². The van der Waals surface area contributed by atoms with Gasteiger partial charge in [-0.25, -0.2) is 0 Å². The van der Waals surface area contributed by atoms with E-state index in [4.69, 9.17) is 0 Å². The number of carbonyl (C=O) groups is 2. The zero-order valence-electron chi connectivity index (χ0n) is 12.1. The zero-order valence-corrected chi connectivity index (χ0v) is 13.0. The van der Waals surface area contributed by atoms with Crippen molar-refractivity contribution in [2.45, 2.75) is 13.8 Å². The maximum Gasteiger partial charge on any atom is 0.183 e. The van der Waals surface area contributed by atoms with E-state index >= 15 is 0 Å². The molecule has 0 amide bonds. The van der Waals surface area contributed by atoms with Crippen molar-refractivity contribution in [3.8, 4) is 0 Å². The van der Waals surface area contributed by atoms with Crippen molar-refractivity contribution in [1.29, 1.82) is 0 Å². The van der Waals surface area contributed by atoms with Crippen LogP contribution < -0.4 is 0 Å². The molecule has 0 N–H and O–H groups in total. The van der Waals surface area contributed by atoms with E-state index < -0.39 is 7.26 Å². The number of ketones is 2. The van der Waals surface area contributed by atoms with Crippen LogP contribution in [0.1, 0.15) is 13.8 Å². The molecule has 16 heavy (non-hydrogen) atoms. The number of hydrogen-bond acceptors (Lipinski definition) is 2. The SMILES string of the molecule is CC(=O)C[N+](C)(C)C.CC(=O)C[P+](C)(C)C. The Morgan fingerprint density at radius 2 is 1.31 bits per heavy atom. The van der Waals surface area contributed by atoms with Gasteiger partial charge in [-0.05, 0) is 6.92 Å². The second kappa shape index (κ2) is 7.13. The first kappa shape index (κ1) is 18.1. The van der Waals surface area contributed by atoms with Crippen molar-refractivity contribution in [2.24, 2.45) is 0 Å². The third-order valence-electron chi connectivity index (χ3n) is 1.39. The molecule has 0 radical (unpaired) electrons. The molecule has 0 saturated heterocycles.